The van der Waals surface area contributed by atoms with E-state index in [0.29, 0.717) is 5.89 Å². The summed E-state index contributed by atoms with van der Waals surface area (Å²) in [6.07, 6.45) is 5.94. The number of pyridine rings is 1. The number of hydrogen-bond donors (Lipinski definition) is 1. The first kappa shape index (κ1) is 14.1. The van der Waals surface area contributed by atoms with Crippen molar-refractivity contribution in [3.8, 4) is 0 Å². The number of fused-ring (bicyclic) bond motifs is 1. The van der Waals surface area contributed by atoms with Gasteiger partial charge in [-0.3, -0.25) is 9.88 Å². The second-order valence-corrected chi connectivity index (χ2v) is 6.11. The van der Waals surface area contributed by atoms with Gasteiger partial charge in [-0.05, 0) is 42.5 Å². The average molecular weight is 309 g/mol. The molecule has 0 radical (unpaired) electrons. The van der Waals surface area contributed by atoms with E-state index in [2.05, 4.69) is 44.3 Å². The van der Waals surface area contributed by atoms with Crippen molar-refractivity contribution < 1.29 is 4.42 Å². The number of nitrogen functional groups attached to an aromatic ring is 1. The molecular formula is C17H19N5O. The Balaban J connectivity index is 1.48. The van der Waals surface area contributed by atoms with Crippen LogP contribution in [0.15, 0.2) is 41.1 Å². The van der Waals surface area contributed by atoms with Gasteiger partial charge in [-0.15, -0.1) is 5.10 Å². The van der Waals surface area contributed by atoms with Crippen molar-refractivity contribution in [3.05, 3.63) is 48.1 Å². The SMILES string of the molecule is Nc1nnc([C@H]2CCCN(Cc3ccc4cnccc4c3)C2)o1. The molecule has 6 nitrogen and oxygen atoms in total. The van der Waals surface area contributed by atoms with Crippen LogP contribution < -0.4 is 5.73 Å². The molecule has 0 unspecified atom stereocenters. The van der Waals surface area contributed by atoms with Crippen molar-refractivity contribution in [1.82, 2.24) is 20.1 Å². The van der Waals surface area contributed by atoms with Crippen molar-refractivity contribution in [2.75, 3.05) is 18.8 Å². The van der Waals surface area contributed by atoms with Crippen LogP contribution in [0, 0.1) is 0 Å². The molecule has 3 heterocycles. The third-order valence-corrected chi connectivity index (χ3v) is 4.42. The molecule has 1 aliphatic rings. The first-order valence-corrected chi connectivity index (χ1v) is 7.92. The minimum absolute atomic E-state index is 0.153. The lowest BCUT2D eigenvalue weighted by Crippen LogP contribution is -2.34. The fourth-order valence-corrected chi connectivity index (χ4v) is 3.30. The van der Waals surface area contributed by atoms with Crippen LogP contribution >= 0.6 is 0 Å². The van der Waals surface area contributed by atoms with Gasteiger partial charge in [0.15, 0.2) is 0 Å². The summed E-state index contributed by atoms with van der Waals surface area (Å²) in [5.74, 6) is 0.940. The van der Waals surface area contributed by atoms with Gasteiger partial charge >= 0.3 is 6.01 Å². The van der Waals surface area contributed by atoms with Crippen LogP contribution in [-0.4, -0.2) is 33.2 Å². The molecule has 3 aromatic rings. The van der Waals surface area contributed by atoms with E-state index in [-0.39, 0.29) is 11.9 Å². The summed E-state index contributed by atoms with van der Waals surface area (Å²) in [6.45, 7) is 2.95. The summed E-state index contributed by atoms with van der Waals surface area (Å²) >= 11 is 0. The number of likely N-dealkylation sites (tertiary alicyclic amines) is 1. The number of aromatic nitrogens is 3. The number of nitrogens with zero attached hydrogens (tertiary/aromatic N) is 4. The van der Waals surface area contributed by atoms with E-state index in [1.165, 1.54) is 16.3 Å². The number of anilines is 1. The zero-order valence-corrected chi connectivity index (χ0v) is 12.9. The summed E-state index contributed by atoms with van der Waals surface area (Å²) in [6, 6.07) is 8.76. The van der Waals surface area contributed by atoms with Gasteiger partial charge in [-0.1, -0.05) is 17.2 Å². The van der Waals surface area contributed by atoms with Crippen LogP contribution in [0.25, 0.3) is 10.8 Å². The first-order chi connectivity index (χ1) is 11.3. The van der Waals surface area contributed by atoms with Gasteiger partial charge in [0.05, 0.1) is 5.92 Å². The van der Waals surface area contributed by atoms with Crippen molar-refractivity contribution in [3.63, 3.8) is 0 Å². The highest BCUT2D eigenvalue weighted by molar-refractivity contribution is 5.81. The zero-order chi connectivity index (χ0) is 15.6. The van der Waals surface area contributed by atoms with Gasteiger partial charge in [-0.2, -0.15) is 0 Å². The van der Waals surface area contributed by atoms with Crippen molar-refractivity contribution in [1.29, 1.82) is 0 Å². The van der Waals surface area contributed by atoms with Crippen LogP contribution in [-0.2, 0) is 6.54 Å². The van der Waals surface area contributed by atoms with E-state index in [1.54, 1.807) is 0 Å². The van der Waals surface area contributed by atoms with Gasteiger partial charge in [-0.25, -0.2) is 0 Å². The molecule has 0 amide bonds. The standard InChI is InChI=1S/C17H19N5O/c18-17-21-20-16(23-17)15-2-1-7-22(11-15)10-12-3-4-14-9-19-6-5-13(14)8-12/h3-6,8-9,15H,1-2,7,10-11H2,(H2,18,21)/t15-/m0/s1. The van der Waals surface area contributed by atoms with Crippen molar-refractivity contribution >= 4 is 16.8 Å². The fraction of sp³-hybridized carbons (Fsp3) is 0.353. The Kier molecular flexibility index (Phi) is 3.67. The maximum atomic E-state index is 5.54. The second kappa shape index (κ2) is 5.96. The Labute approximate surface area is 134 Å². The van der Waals surface area contributed by atoms with Crippen LogP contribution in [0.3, 0.4) is 0 Å². The lowest BCUT2D eigenvalue weighted by atomic mass is 9.97. The first-order valence-electron chi connectivity index (χ1n) is 7.92. The molecule has 0 bridgehead atoms. The molecule has 1 atom stereocenters. The maximum Gasteiger partial charge on any atom is 0.312 e. The van der Waals surface area contributed by atoms with Gasteiger partial charge < -0.3 is 10.2 Å². The number of piperidine rings is 1. The molecule has 1 fully saturated rings. The third kappa shape index (κ3) is 3.03. The van der Waals surface area contributed by atoms with Gasteiger partial charge in [0, 0.05) is 30.9 Å². The molecule has 2 aromatic heterocycles. The Morgan fingerprint density at radius 2 is 2.17 bits per heavy atom. The Morgan fingerprint density at radius 1 is 1.22 bits per heavy atom. The van der Waals surface area contributed by atoms with Crippen LogP contribution in [0.4, 0.5) is 6.01 Å². The molecule has 118 valence electrons. The molecule has 2 N–H and O–H groups in total. The number of hydrogen-bond acceptors (Lipinski definition) is 6. The molecular weight excluding hydrogens is 290 g/mol. The molecule has 1 aliphatic heterocycles. The third-order valence-electron chi connectivity index (χ3n) is 4.42. The quantitative estimate of drug-likeness (QED) is 0.801. The van der Waals surface area contributed by atoms with Gasteiger partial charge in [0.1, 0.15) is 0 Å². The summed E-state index contributed by atoms with van der Waals surface area (Å²) in [4.78, 5) is 6.60. The zero-order valence-electron chi connectivity index (χ0n) is 12.9. The van der Waals surface area contributed by atoms with Crippen LogP contribution in [0.5, 0.6) is 0 Å². The van der Waals surface area contributed by atoms with E-state index in [9.17, 15) is 0 Å². The molecule has 1 saturated heterocycles. The highest BCUT2D eigenvalue weighted by atomic mass is 16.4. The molecule has 0 saturated carbocycles. The van der Waals surface area contributed by atoms with E-state index < -0.39 is 0 Å². The highest BCUT2D eigenvalue weighted by Gasteiger charge is 2.25. The van der Waals surface area contributed by atoms with Crippen molar-refractivity contribution in [2.24, 2.45) is 0 Å². The number of benzene rings is 1. The average Bonchev–Trinajstić information content (AvgIpc) is 3.02. The minimum atomic E-state index is 0.153. The smallest absolute Gasteiger partial charge is 0.312 e. The lowest BCUT2D eigenvalue weighted by Gasteiger charge is -2.31. The largest absolute Gasteiger partial charge is 0.408 e. The van der Waals surface area contributed by atoms with E-state index in [0.717, 1.165) is 32.5 Å². The molecule has 23 heavy (non-hydrogen) atoms. The Morgan fingerprint density at radius 3 is 3.04 bits per heavy atom. The summed E-state index contributed by atoms with van der Waals surface area (Å²) in [5.41, 5.74) is 6.85. The molecule has 1 aromatic carbocycles. The fourth-order valence-electron chi connectivity index (χ4n) is 3.30. The topological polar surface area (TPSA) is 81.1 Å². The van der Waals surface area contributed by atoms with E-state index in [4.69, 9.17) is 10.2 Å². The Hall–Kier alpha value is -2.47. The van der Waals surface area contributed by atoms with Crippen LogP contribution in [0.2, 0.25) is 0 Å². The lowest BCUT2D eigenvalue weighted by molar-refractivity contribution is 0.186. The maximum absolute atomic E-state index is 5.54. The predicted octanol–water partition coefficient (Wildman–Crippen LogP) is 2.58. The summed E-state index contributed by atoms with van der Waals surface area (Å²) in [7, 11) is 0. The number of nitrogens with two attached hydrogens (primary N) is 1. The summed E-state index contributed by atoms with van der Waals surface area (Å²) in [5, 5.41) is 10.2. The molecule has 0 spiro atoms. The van der Waals surface area contributed by atoms with Crippen LogP contribution in [0.1, 0.15) is 30.2 Å². The Bertz CT molecular complexity index is 815. The van der Waals surface area contributed by atoms with Crippen molar-refractivity contribution in [2.45, 2.75) is 25.3 Å². The predicted molar refractivity (Wildman–Crippen MR) is 87.7 cm³/mol. The monoisotopic (exact) mass is 309 g/mol. The van der Waals surface area contributed by atoms with Gasteiger partial charge in [0.2, 0.25) is 5.89 Å². The minimum Gasteiger partial charge on any atom is -0.408 e. The molecule has 6 heteroatoms. The van der Waals surface area contributed by atoms with E-state index >= 15 is 0 Å². The molecule has 0 aliphatic carbocycles. The van der Waals surface area contributed by atoms with E-state index in [1.807, 2.05) is 12.4 Å². The highest BCUT2D eigenvalue weighted by Crippen LogP contribution is 2.27. The molecule has 4 rings (SSSR count). The normalized spacial score (nSPS) is 19.2. The summed E-state index contributed by atoms with van der Waals surface area (Å²) < 4.78 is 5.40. The number of rotatable bonds is 3. The second-order valence-electron chi connectivity index (χ2n) is 6.11. The van der Waals surface area contributed by atoms with Gasteiger partial charge in [0.25, 0.3) is 0 Å².